The largest absolute Gasteiger partial charge is 0.373 e. The third-order valence-electron chi connectivity index (χ3n) is 7.00. The monoisotopic (exact) mass is 416 g/mol. The van der Waals surface area contributed by atoms with Gasteiger partial charge in [0.25, 0.3) is 0 Å². The maximum atomic E-state index is 12.1. The second-order valence-corrected chi connectivity index (χ2v) is 8.45. The lowest BCUT2D eigenvalue weighted by atomic mass is 9.74. The van der Waals surface area contributed by atoms with Crippen LogP contribution in [0.25, 0.3) is 22.0 Å². The molecule has 0 spiro atoms. The van der Waals surface area contributed by atoms with Gasteiger partial charge in [-0.1, -0.05) is 56.3 Å². The number of piperidine rings is 1. The maximum Gasteiger partial charge on any atom is 0.222 e. The molecule has 1 amide bonds. The van der Waals surface area contributed by atoms with E-state index in [1.807, 2.05) is 43.3 Å². The minimum Gasteiger partial charge on any atom is -0.373 e. The predicted molar refractivity (Wildman–Crippen MR) is 126 cm³/mol. The number of hydrogen-bond donors (Lipinski definition) is 0. The summed E-state index contributed by atoms with van der Waals surface area (Å²) in [6.07, 6.45) is 5.39. The summed E-state index contributed by atoms with van der Waals surface area (Å²) < 4.78 is 6.22. The average molecular weight is 417 g/mol. The summed E-state index contributed by atoms with van der Waals surface area (Å²) >= 11 is 0. The first kappa shape index (κ1) is 21.5. The first-order valence-corrected chi connectivity index (χ1v) is 11.4. The quantitative estimate of drug-likeness (QED) is 0.510. The molecular weight excluding hydrogens is 384 g/mol. The molecule has 3 aromatic rings. The molecule has 1 aliphatic rings. The molecule has 2 aromatic carbocycles. The number of hydrogen-bond acceptors (Lipinski definition) is 3. The summed E-state index contributed by atoms with van der Waals surface area (Å²) in [7, 11) is 1.83. The van der Waals surface area contributed by atoms with E-state index in [2.05, 4.69) is 48.3 Å². The number of rotatable bonds is 6. The Morgan fingerprint density at radius 2 is 1.77 bits per heavy atom. The van der Waals surface area contributed by atoms with Crippen LogP contribution in [-0.4, -0.2) is 36.0 Å². The van der Waals surface area contributed by atoms with Crippen molar-refractivity contribution in [3.8, 4) is 11.1 Å². The highest BCUT2D eigenvalue weighted by Gasteiger charge is 2.41. The van der Waals surface area contributed by atoms with Crippen molar-refractivity contribution in [3.05, 3.63) is 66.4 Å². The molecule has 4 rings (SSSR count). The number of para-hydroxylation sites is 1. The average Bonchev–Trinajstić information content (AvgIpc) is 2.85. The van der Waals surface area contributed by atoms with E-state index in [4.69, 9.17) is 4.74 Å². The molecule has 1 aliphatic heterocycles. The Kier molecular flexibility index (Phi) is 6.38. The fourth-order valence-corrected chi connectivity index (χ4v) is 5.15. The lowest BCUT2D eigenvalue weighted by Gasteiger charge is -2.44. The third kappa shape index (κ3) is 4.09. The molecule has 4 nitrogen and oxygen atoms in total. The fourth-order valence-electron chi connectivity index (χ4n) is 5.15. The van der Waals surface area contributed by atoms with Gasteiger partial charge in [0.05, 0.1) is 11.1 Å². The van der Waals surface area contributed by atoms with Gasteiger partial charge in [0.2, 0.25) is 5.91 Å². The highest BCUT2D eigenvalue weighted by atomic mass is 16.5. The van der Waals surface area contributed by atoms with Gasteiger partial charge in [0.15, 0.2) is 0 Å². The number of aromatic nitrogens is 1. The van der Waals surface area contributed by atoms with Crippen LogP contribution < -0.4 is 0 Å². The molecule has 162 valence electrons. The molecule has 1 unspecified atom stereocenters. The summed E-state index contributed by atoms with van der Waals surface area (Å²) in [5, 5.41) is 1.15. The van der Waals surface area contributed by atoms with Crippen LogP contribution >= 0.6 is 0 Å². The van der Waals surface area contributed by atoms with Crippen LogP contribution in [0.3, 0.4) is 0 Å². The molecule has 0 N–H and O–H groups in total. The van der Waals surface area contributed by atoms with E-state index in [-0.39, 0.29) is 11.5 Å². The number of pyridine rings is 1. The number of amides is 1. The minimum absolute atomic E-state index is 0.256. The Morgan fingerprint density at radius 1 is 1.06 bits per heavy atom. The zero-order valence-corrected chi connectivity index (χ0v) is 18.8. The van der Waals surface area contributed by atoms with Gasteiger partial charge in [0, 0.05) is 43.8 Å². The van der Waals surface area contributed by atoms with Crippen molar-refractivity contribution >= 4 is 16.8 Å². The molecule has 0 aliphatic carbocycles. The lowest BCUT2D eigenvalue weighted by molar-refractivity contribution is -0.135. The molecule has 1 aromatic heterocycles. The number of nitrogens with zero attached hydrogens (tertiary/aromatic N) is 2. The fraction of sp³-hybridized carbons (Fsp3) is 0.407. The molecular formula is C27H32N2O2. The van der Waals surface area contributed by atoms with E-state index in [1.54, 1.807) is 0 Å². The van der Waals surface area contributed by atoms with Crippen molar-refractivity contribution in [2.45, 2.75) is 45.1 Å². The number of ether oxygens (including phenoxy) is 1. The topological polar surface area (TPSA) is 42.4 Å². The molecule has 0 radical (unpaired) electrons. The number of methoxy groups -OCH3 is 1. The standard InChI is InChI=1S/C27H32N2O2/c1-4-26(30)29-16-14-24(15-17-29)27(5-2,31-3)23-12-10-20(11-13-23)22-18-21-8-6-7-9-25(21)28-19-22/h6-13,18-19,24H,4-5,14-17H2,1-3H3. The normalized spacial score (nSPS) is 16.9. The van der Waals surface area contributed by atoms with E-state index in [9.17, 15) is 4.79 Å². The van der Waals surface area contributed by atoms with Crippen LogP contribution in [0, 0.1) is 5.92 Å². The van der Waals surface area contributed by atoms with E-state index < -0.39 is 0 Å². The minimum atomic E-state index is -0.318. The smallest absolute Gasteiger partial charge is 0.222 e. The molecule has 1 fully saturated rings. The van der Waals surface area contributed by atoms with Crippen molar-refractivity contribution in [1.29, 1.82) is 0 Å². The zero-order valence-electron chi connectivity index (χ0n) is 18.8. The van der Waals surface area contributed by atoms with Crippen molar-refractivity contribution < 1.29 is 9.53 Å². The molecule has 0 bridgehead atoms. The molecule has 4 heteroatoms. The van der Waals surface area contributed by atoms with Gasteiger partial charge in [0.1, 0.15) is 0 Å². The van der Waals surface area contributed by atoms with Crippen LogP contribution in [0.1, 0.15) is 45.1 Å². The van der Waals surface area contributed by atoms with E-state index in [1.165, 1.54) is 5.56 Å². The third-order valence-corrected chi connectivity index (χ3v) is 7.00. The summed E-state index contributed by atoms with van der Waals surface area (Å²) in [6, 6.07) is 19.2. The molecule has 0 saturated carbocycles. The Balaban J connectivity index is 1.58. The number of carbonyl (C=O) groups is 1. The van der Waals surface area contributed by atoms with Crippen molar-refractivity contribution in [2.24, 2.45) is 5.92 Å². The first-order valence-electron chi connectivity index (χ1n) is 11.4. The second-order valence-electron chi connectivity index (χ2n) is 8.45. The Bertz CT molecular complexity index is 1030. The van der Waals surface area contributed by atoms with Crippen LogP contribution in [0.2, 0.25) is 0 Å². The van der Waals surface area contributed by atoms with Crippen LogP contribution in [0.5, 0.6) is 0 Å². The Morgan fingerprint density at radius 3 is 2.42 bits per heavy atom. The van der Waals surface area contributed by atoms with Gasteiger partial charge in [-0.15, -0.1) is 0 Å². The molecule has 2 heterocycles. The van der Waals surface area contributed by atoms with Gasteiger partial charge in [-0.05, 0) is 48.4 Å². The number of carbonyl (C=O) groups excluding carboxylic acids is 1. The highest BCUT2D eigenvalue weighted by molar-refractivity contribution is 5.83. The zero-order chi connectivity index (χ0) is 21.8. The number of benzene rings is 2. The summed E-state index contributed by atoms with van der Waals surface area (Å²) in [5.74, 6) is 0.655. The van der Waals surface area contributed by atoms with Crippen LogP contribution in [0.4, 0.5) is 0 Å². The molecule has 1 atom stereocenters. The van der Waals surface area contributed by atoms with Gasteiger partial charge in [-0.2, -0.15) is 0 Å². The van der Waals surface area contributed by atoms with E-state index in [0.29, 0.717) is 12.3 Å². The van der Waals surface area contributed by atoms with Gasteiger partial charge in [-0.25, -0.2) is 0 Å². The highest BCUT2D eigenvalue weighted by Crippen LogP contribution is 2.42. The van der Waals surface area contributed by atoms with Crippen LogP contribution in [-0.2, 0) is 15.1 Å². The van der Waals surface area contributed by atoms with Crippen molar-refractivity contribution in [3.63, 3.8) is 0 Å². The number of likely N-dealkylation sites (tertiary alicyclic amines) is 1. The van der Waals surface area contributed by atoms with Crippen molar-refractivity contribution in [2.75, 3.05) is 20.2 Å². The molecule has 1 saturated heterocycles. The molecule has 31 heavy (non-hydrogen) atoms. The summed E-state index contributed by atoms with van der Waals surface area (Å²) in [5.41, 5.74) is 4.19. The second kappa shape index (κ2) is 9.19. The summed E-state index contributed by atoms with van der Waals surface area (Å²) in [6.45, 7) is 5.79. The van der Waals surface area contributed by atoms with Gasteiger partial charge < -0.3 is 9.64 Å². The van der Waals surface area contributed by atoms with Gasteiger partial charge >= 0.3 is 0 Å². The van der Waals surface area contributed by atoms with Crippen molar-refractivity contribution in [1.82, 2.24) is 9.88 Å². The lowest BCUT2D eigenvalue weighted by Crippen LogP contribution is -2.46. The number of fused-ring (bicyclic) bond motifs is 1. The predicted octanol–water partition coefficient (Wildman–Crippen LogP) is 5.80. The first-order chi connectivity index (χ1) is 15.1. The Labute approximate surface area is 185 Å². The van der Waals surface area contributed by atoms with Crippen LogP contribution in [0.15, 0.2) is 60.8 Å². The summed E-state index contributed by atoms with van der Waals surface area (Å²) in [4.78, 5) is 18.7. The van der Waals surface area contributed by atoms with E-state index in [0.717, 1.165) is 54.4 Å². The Hall–Kier alpha value is -2.72. The maximum absolute atomic E-state index is 12.1. The van der Waals surface area contributed by atoms with E-state index >= 15 is 0 Å². The SMILES string of the molecule is CCC(=O)N1CCC(C(CC)(OC)c2ccc(-c3cnc4ccccc4c3)cc2)CC1. The van der Waals surface area contributed by atoms with Gasteiger partial charge in [-0.3, -0.25) is 9.78 Å².